The van der Waals surface area contributed by atoms with Crippen LogP contribution in [0.2, 0.25) is 0 Å². The van der Waals surface area contributed by atoms with Crippen molar-refractivity contribution in [3.8, 4) is 5.75 Å². The van der Waals surface area contributed by atoms with Gasteiger partial charge in [-0.2, -0.15) is 0 Å². The monoisotopic (exact) mass is 233 g/mol. The second kappa shape index (κ2) is 4.53. The SMILES string of the molecule is CCOc1cccnc1N1C[C@H]2CNC[C@H]2C1. The number of hydrogen-bond donors (Lipinski definition) is 1. The van der Waals surface area contributed by atoms with Crippen LogP contribution in [0.4, 0.5) is 5.82 Å². The predicted octanol–water partition coefficient (Wildman–Crippen LogP) is 1.14. The molecule has 0 aliphatic carbocycles. The molecule has 0 bridgehead atoms. The molecule has 0 radical (unpaired) electrons. The Labute approximate surface area is 102 Å². The van der Waals surface area contributed by atoms with E-state index < -0.39 is 0 Å². The maximum Gasteiger partial charge on any atom is 0.171 e. The number of nitrogens with one attached hydrogen (secondary N) is 1. The summed E-state index contributed by atoms with van der Waals surface area (Å²) in [7, 11) is 0. The Morgan fingerprint density at radius 1 is 1.41 bits per heavy atom. The summed E-state index contributed by atoms with van der Waals surface area (Å²) in [6, 6.07) is 3.95. The first-order chi connectivity index (χ1) is 8.38. The van der Waals surface area contributed by atoms with Crippen LogP contribution < -0.4 is 15.0 Å². The van der Waals surface area contributed by atoms with E-state index in [0.29, 0.717) is 6.61 Å². The first-order valence-corrected chi connectivity index (χ1v) is 6.42. The lowest BCUT2D eigenvalue weighted by atomic mass is 10.0. The first-order valence-electron chi connectivity index (χ1n) is 6.42. The highest BCUT2D eigenvalue weighted by atomic mass is 16.5. The average molecular weight is 233 g/mol. The van der Waals surface area contributed by atoms with Crippen molar-refractivity contribution in [2.45, 2.75) is 6.92 Å². The molecule has 2 saturated heterocycles. The minimum atomic E-state index is 0.695. The van der Waals surface area contributed by atoms with Gasteiger partial charge in [0.25, 0.3) is 0 Å². The van der Waals surface area contributed by atoms with Crippen molar-refractivity contribution < 1.29 is 4.74 Å². The number of nitrogens with zero attached hydrogens (tertiary/aromatic N) is 2. The normalized spacial score (nSPS) is 27.2. The average Bonchev–Trinajstić information content (AvgIpc) is 2.90. The van der Waals surface area contributed by atoms with E-state index in [2.05, 4.69) is 15.2 Å². The van der Waals surface area contributed by atoms with Crippen molar-refractivity contribution in [2.24, 2.45) is 11.8 Å². The molecule has 17 heavy (non-hydrogen) atoms. The molecular weight excluding hydrogens is 214 g/mol. The molecule has 0 aromatic carbocycles. The minimum Gasteiger partial charge on any atom is -0.490 e. The van der Waals surface area contributed by atoms with E-state index in [4.69, 9.17) is 4.74 Å². The van der Waals surface area contributed by atoms with Crippen LogP contribution in [0, 0.1) is 11.8 Å². The van der Waals surface area contributed by atoms with Crippen molar-refractivity contribution >= 4 is 5.82 Å². The van der Waals surface area contributed by atoms with Crippen LogP contribution in [0.1, 0.15) is 6.92 Å². The molecule has 4 heteroatoms. The Morgan fingerprint density at radius 3 is 2.88 bits per heavy atom. The molecule has 2 atom stereocenters. The van der Waals surface area contributed by atoms with Gasteiger partial charge in [-0.1, -0.05) is 0 Å². The largest absolute Gasteiger partial charge is 0.490 e. The third kappa shape index (κ3) is 1.97. The van der Waals surface area contributed by atoms with Gasteiger partial charge in [-0.05, 0) is 30.9 Å². The molecule has 1 aromatic heterocycles. The van der Waals surface area contributed by atoms with E-state index in [1.165, 1.54) is 0 Å². The van der Waals surface area contributed by atoms with E-state index >= 15 is 0 Å². The predicted molar refractivity (Wildman–Crippen MR) is 67.5 cm³/mol. The molecule has 1 aromatic rings. The number of pyridine rings is 1. The number of aromatic nitrogens is 1. The van der Waals surface area contributed by atoms with Crippen molar-refractivity contribution in [3.63, 3.8) is 0 Å². The zero-order valence-corrected chi connectivity index (χ0v) is 10.2. The van der Waals surface area contributed by atoms with E-state index in [1.54, 1.807) is 0 Å². The number of hydrogen-bond acceptors (Lipinski definition) is 4. The molecular formula is C13H19N3O. The van der Waals surface area contributed by atoms with Crippen LogP contribution in [0.3, 0.4) is 0 Å². The molecule has 2 aliphatic rings. The molecule has 2 aliphatic heterocycles. The molecule has 0 saturated carbocycles. The van der Waals surface area contributed by atoms with Crippen LogP contribution >= 0.6 is 0 Å². The maximum atomic E-state index is 5.65. The Morgan fingerprint density at radius 2 is 2.18 bits per heavy atom. The smallest absolute Gasteiger partial charge is 0.171 e. The van der Waals surface area contributed by atoms with Crippen molar-refractivity contribution in [2.75, 3.05) is 37.7 Å². The lowest BCUT2D eigenvalue weighted by Gasteiger charge is -2.21. The highest BCUT2D eigenvalue weighted by Crippen LogP contribution is 2.33. The lowest BCUT2D eigenvalue weighted by Crippen LogP contribution is -2.26. The molecule has 2 fully saturated rings. The summed E-state index contributed by atoms with van der Waals surface area (Å²) in [6.45, 7) is 7.22. The van der Waals surface area contributed by atoms with Gasteiger partial charge in [0.2, 0.25) is 0 Å². The fraction of sp³-hybridized carbons (Fsp3) is 0.615. The zero-order chi connectivity index (χ0) is 11.7. The van der Waals surface area contributed by atoms with Crippen LogP contribution in [0.5, 0.6) is 5.75 Å². The molecule has 0 spiro atoms. The van der Waals surface area contributed by atoms with Crippen LogP contribution in [0.15, 0.2) is 18.3 Å². The number of fused-ring (bicyclic) bond motifs is 1. The number of ether oxygens (including phenoxy) is 1. The summed E-state index contributed by atoms with van der Waals surface area (Å²) in [6.07, 6.45) is 1.85. The zero-order valence-electron chi connectivity index (χ0n) is 10.2. The molecule has 0 unspecified atom stereocenters. The standard InChI is InChI=1S/C13H19N3O/c1-2-17-12-4-3-5-15-13(12)16-8-10-6-14-7-11(10)9-16/h3-5,10-11,14H,2,6-9H2,1H3/t10-,11+. The molecule has 1 N–H and O–H groups in total. The van der Waals surface area contributed by atoms with Gasteiger partial charge in [-0.25, -0.2) is 4.98 Å². The summed E-state index contributed by atoms with van der Waals surface area (Å²) < 4.78 is 5.65. The van der Waals surface area contributed by atoms with Crippen molar-refractivity contribution in [3.05, 3.63) is 18.3 Å². The van der Waals surface area contributed by atoms with E-state index in [9.17, 15) is 0 Å². The molecule has 3 rings (SSSR count). The van der Waals surface area contributed by atoms with Gasteiger partial charge in [0.05, 0.1) is 6.61 Å². The topological polar surface area (TPSA) is 37.4 Å². The third-order valence-corrected chi connectivity index (χ3v) is 3.74. The van der Waals surface area contributed by atoms with Gasteiger partial charge < -0.3 is 15.0 Å². The summed E-state index contributed by atoms with van der Waals surface area (Å²) in [5, 5.41) is 3.46. The molecule has 3 heterocycles. The summed E-state index contributed by atoms with van der Waals surface area (Å²) in [4.78, 5) is 6.86. The van der Waals surface area contributed by atoms with Crippen LogP contribution in [0.25, 0.3) is 0 Å². The summed E-state index contributed by atoms with van der Waals surface area (Å²) >= 11 is 0. The number of anilines is 1. The Kier molecular flexibility index (Phi) is 2.89. The van der Waals surface area contributed by atoms with Crippen LogP contribution in [-0.4, -0.2) is 37.8 Å². The summed E-state index contributed by atoms with van der Waals surface area (Å²) in [5.41, 5.74) is 0. The Hall–Kier alpha value is -1.29. The van der Waals surface area contributed by atoms with E-state index in [-0.39, 0.29) is 0 Å². The Balaban J connectivity index is 1.80. The quantitative estimate of drug-likeness (QED) is 0.849. The van der Waals surface area contributed by atoms with Gasteiger partial charge >= 0.3 is 0 Å². The molecule has 92 valence electrons. The van der Waals surface area contributed by atoms with Crippen molar-refractivity contribution in [1.82, 2.24) is 10.3 Å². The second-order valence-corrected chi connectivity index (χ2v) is 4.84. The Bertz CT molecular complexity index is 384. The molecule has 4 nitrogen and oxygen atoms in total. The van der Waals surface area contributed by atoms with Gasteiger partial charge in [0, 0.05) is 32.4 Å². The molecule has 0 amide bonds. The first kappa shape index (κ1) is 10.8. The third-order valence-electron chi connectivity index (χ3n) is 3.74. The highest BCUT2D eigenvalue weighted by Gasteiger charge is 2.37. The number of rotatable bonds is 3. The van der Waals surface area contributed by atoms with E-state index in [1.807, 2.05) is 25.3 Å². The fourth-order valence-corrected chi connectivity index (χ4v) is 2.92. The fourth-order valence-electron chi connectivity index (χ4n) is 2.92. The highest BCUT2D eigenvalue weighted by molar-refractivity contribution is 5.53. The van der Waals surface area contributed by atoms with Gasteiger partial charge in [-0.15, -0.1) is 0 Å². The lowest BCUT2D eigenvalue weighted by molar-refractivity contribution is 0.339. The van der Waals surface area contributed by atoms with Crippen molar-refractivity contribution in [1.29, 1.82) is 0 Å². The second-order valence-electron chi connectivity index (χ2n) is 4.84. The van der Waals surface area contributed by atoms with Gasteiger partial charge in [0.15, 0.2) is 11.6 Å². The van der Waals surface area contributed by atoms with E-state index in [0.717, 1.165) is 49.6 Å². The van der Waals surface area contributed by atoms with Gasteiger partial charge in [-0.3, -0.25) is 0 Å². The summed E-state index contributed by atoms with van der Waals surface area (Å²) in [5.74, 6) is 3.50. The minimum absolute atomic E-state index is 0.695. The van der Waals surface area contributed by atoms with Crippen LogP contribution in [-0.2, 0) is 0 Å². The maximum absolute atomic E-state index is 5.65. The van der Waals surface area contributed by atoms with Gasteiger partial charge in [0.1, 0.15) is 0 Å².